The van der Waals surface area contributed by atoms with E-state index in [1.54, 1.807) is 0 Å². The summed E-state index contributed by atoms with van der Waals surface area (Å²) < 4.78 is 0. The molecule has 2 unspecified atom stereocenters. The standard InChI is InChI=1S/C13H23N/c14-9-13(7-10-6-11(10)8-13)12-4-2-1-3-5-12/h10-12H,1-9,14H2. The van der Waals surface area contributed by atoms with E-state index in [4.69, 9.17) is 5.73 Å². The molecule has 0 aromatic rings. The molecule has 1 nitrogen and oxygen atoms in total. The Morgan fingerprint density at radius 2 is 1.64 bits per heavy atom. The van der Waals surface area contributed by atoms with E-state index in [0.29, 0.717) is 5.41 Å². The predicted molar refractivity (Wildman–Crippen MR) is 58.9 cm³/mol. The number of rotatable bonds is 2. The lowest BCUT2D eigenvalue weighted by Gasteiger charge is -2.40. The molecule has 0 radical (unpaired) electrons. The van der Waals surface area contributed by atoms with Crippen LogP contribution in [0.1, 0.15) is 51.4 Å². The van der Waals surface area contributed by atoms with Gasteiger partial charge >= 0.3 is 0 Å². The Kier molecular flexibility index (Phi) is 2.12. The fraction of sp³-hybridized carbons (Fsp3) is 1.00. The summed E-state index contributed by atoms with van der Waals surface area (Å²) in [4.78, 5) is 0. The van der Waals surface area contributed by atoms with Gasteiger partial charge in [0, 0.05) is 0 Å². The number of nitrogens with two attached hydrogens (primary N) is 1. The van der Waals surface area contributed by atoms with Crippen LogP contribution < -0.4 is 5.73 Å². The predicted octanol–water partition coefficient (Wildman–Crippen LogP) is 2.94. The molecule has 3 aliphatic rings. The summed E-state index contributed by atoms with van der Waals surface area (Å²) in [6, 6.07) is 0. The van der Waals surface area contributed by atoms with Gasteiger partial charge in [0.15, 0.2) is 0 Å². The lowest BCUT2D eigenvalue weighted by Crippen LogP contribution is -2.38. The van der Waals surface area contributed by atoms with Crippen molar-refractivity contribution in [3.8, 4) is 0 Å². The van der Waals surface area contributed by atoms with Gasteiger partial charge in [-0.15, -0.1) is 0 Å². The number of fused-ring (bicyclic) bond motifs is 1. The second-order valence-electron chi connectivity index (χ2n) is 6.07. The number of hydrogen-bond donors (Lipinski definition) is 1. The quantitative estimate of drug-likeness (QED) is 0.717. The molecule has 0 aromatic carbocycles. The van der Waals surface area contributed by atoms with Gasteiger partial charge in [-0.2, -0.15) is 0 Å². The first-order valence-corrected chi connectivity index (χ1v) is 6.54. The third kappa shape index (κ3) is 1.32. The van der Waals surface area contributed by atoms with Crippen molar-refractivity contribution in [1.29, 1.82) is 0 Å². The summed E-state index contributed by atoms with van der Waals surface area (Å²) in [5.41, 5.74) is 6.69. The zero-order chi connectivity index (χ0) is 9.60. The number of hydrogen-bond acceptors (Lipinski definition) is 1. The molecule has 3 fully saturated rings. The molecule has 0 saturated heterocycles. The molecule has 80 valence electrons. The van der Waals surface area contributed by atoms with Crippen LogP contribution in [0.25, 0.3) is 0 Å². The first-order valence-electron chi connectivity index (χ1n) is 6.54. The lowest BCUT2D eigenvalue weighted by molar-refractivity contribution is 0.115. The highest BCUT2D eigenvalue weighted by Crippen LogP contribution is 2.63. The van der Waals surface area contributed by atoms with Gasteiger partial charge in [-0.3, -0.25) is 0 Å². The zero-order valence-corrected chi connectivity index (χ0v) is 9.17. The monoisotopic (exact) mass is 193 g/mol. The topological polar surface area (TPSA) is 26.0 Å². The van der Waals surface area contributed by atoms with E-state index in [9.17, 15) is 0 Å². The highest BCUT2D eigenvalue weighted by Gasteiger charge is 2.55. The SMILES string of the molecule is NCC1(C2CCCCC2)CC2CC2C1. The van der Waals surface area contributed by atoms with Crippen LogP contribution in [0.5, 0.6) is 0 Å². The third-order valence-electron chi connectivity index (χ3n) is 5.28. The summed E-state index contributed by atoms with van der Waals surface area (Å²) >= 11 is 0. The third-order valence-corrected chi connectivity index (χ3v) is 5.28. The Labute approximate surface area is 87.4 Å². The second-order valence-corrected chi connectivity index (χ2v) is 6.07. The molecule has 3 saturated carbocycles. The first-order chi connectivity index (χ1) is 6.84. The van der Waals surface area contributed by atoms with Crippen molar-refractivity contribution in [3.05, 3.63) is 0 Å². The van der Waals surface area contributed by atoms with E-state index >= 15 is 0 Å². The highest BCUT2D eigenvalue weighted by atomic mass is 14.7. The van der Waals surface area contributed by atoms with Gasteiger partial charge in [-0.25, -0.2) is 0 Å². The largest absolute Gasteiger partial charge is 0.330 e. The molecule has 0 aromatic heterocycles. The molecular formula is C13H23N. The first kappa shape index (κ1) is 9.21. The van der Waals surface area contributed by atoms with Gasteiger partial charge in [0.25, 0.3) is 0 Å². The van der Waals surface area contributed by atoms with Crippen molar-refractivity contribution < 1.29 is 0 Å². The van der Waals surface area contributed by atoms with E-state index in [1.807, 2.05) is 0 Å². The van der Waals surface area contributed by atoms with Gasteiger partial charge in [0.05, 0.1) is 0 Å². The summed E-state index contributed by atoms with van der Waals surface area (Å²) in [7, 11) is 0. The second kappa shape index (κ2) is 3.23. The summed E-state index contributed by atoms with van der Waals surface area (Å²) in [6.07, 6.45) is 11.9. The minimum atomic E-state index is 0.605. The van der Waals surface area contributed by atoms with Gasteiger partial charge in [-0.05, 0) is 61.8 Å². The van der Waals surface area contributed by atoms with E-state index in [2.05, 4.69) is 0 Å². The summed E-state index contributed by atoms with van der Waals surface area (Å²) in [6.45, 7) is 0.977. The molecule has 0 amide bonds. The molecule has 0 bridgehead atoms. The van der Waals surface area contributed by atoms with Crippen molar-refractivity contribution in [2.24, 2.45) is 28.9 Å². The fourth-order valence-electron chi connectivity index (χ4n) is 4.32. The fourth-order valence-corrected chi connectivity index (χ4v) is 4.32. The average molecular weight is 193 g/mol. The van der Waals surface area contributed by atoms with Crippen LogP contribution >= 0.6 is 0 Å². The Balaban J connectivity index is 1.72. The minimum absolute atomic E-state index is 0.605. The molecule has 1 heteroatoms. The molecule has 0 aliphatic heterocycles. The highest BCUT2D eigenvalue weighted by molar-refractivity contribution is 5.06. The molecular weight excluding hydrogens is 170 g/mol. The molecule has 3 aliphatic carbocycles. The molecule has 2 N–H and O–H groups in total. The zero-order valence-electron chi connectivity index (χ0n) is 9.17. The van der Waals surface area contributed by atoms with E-state index < -0.39 is 0 Å². The Morgan fingerprint density at radius 3 is 2.21 bits per heavy atom. The Bertz CT molecular complexity index is 207. The van der Waals surface area contributed by atoms with Crippen LogP contribution in [0.2, 0.25) is 0 Å². The van der Waals surface area contributed by atoms with Crippen LogP contribution in [-0.2, 0) is 0 Å². The van der Waals surface area contributed by atoms with Crippen molar-refractivity contribution in [2.75, 3.05) is 6.54 Å². The van der Waals surface area contributed by atoms with Crippen molar-refractivity contribution in [3.63, 3.8) is 0 Å². The summed E-state index contributed by atoms with van der Waals surface area (Å²) in [5, 5.41) is 0. The molecule has 14 heavy (non-hydrogen) atoms. The maximum atomic E-state index is 6.08. The van der Waals surface area contributed by atoms with Gasteiger partial charge in [-0.1, -0.05) is 19.3 Å². The van der Waals surface area contributed by atoms with E-state index in [0.717, 1.165) is 24.3 Å². The van der Waals surface area contributed by atoms with E-state index in [-0.39, 0.29) is 0 Å². The molecule has 2 atom stereocenters. The molecule has 0 spiro atoms. The van der Waals surface area contributed by atoms with Crippen LogP contribution in [0.4, 0.5) is 0 Å². The smallest absolute Gasteiger partial charge is 0.00177 e. The molecule has 3 rings (SSSR count). The van der Waals surface area contributed by atoms with Crippen LogP contribution in [0, 0.1) is 23.2 Å². The maximum absolute atomic E-state index is 6.08. The average Bonchev–Trinajstić information content (AvgIpc) is 2.88. The normalized spacial score (nSPS) is 47.8. The van der Waals surface area contributed by atoms with E-state index in [1.165, 1.54) is 51.4 Å². The van der Waals surface area contributed by atoms with Crippen LogP contribution in [0.3, 0.4) is 0 Å². The van der Waals surface area contributed by atoms with Crippen molar-refractivity contribution in [2.45, 2.75) is 51.4 Å². The van der Waals surface area contributed by atoms with Gasteiger partial charge in [0.2, 0.25) is 0 Å². The lowest BCUT2D eigenvalue weighted by atomic mass is 9.66. The maximum Gasteiger partial charge on any atom is -0.00177 e. The summed E-state index contributed by atoms with van der Waals surface area (Å²) in [5.74, 6) is 3.19. The van der Waals surface area contributed by atoms with Crippen molar-refractivity contribution in [1.82, 2.24) is 0 Å². The van der Waals surface area contributed by atoms with Crippen molar-refractivity contribution >= 4 is 0 Å². The van der Waals surface area contributed by atoms with Gasteiger partial charge in [0.1, 0.15) is 0 Å². The van der Waals surface area contributed by atoms with Crippen LogP contribution in [-0.4, -0.2) is 6.54 Å². The van der Waals surface area contributed by atoms with Crippen LogP contribution in [0.15, 0.2) is 0 Å². The Hall–Kier alpha value is -0.0400. The molecule has 0 heterocycles. The van der Waals surface area contributed by atoms with Gasteiger partial charge < -0.3 is 5.73 Å². The Morgan fingerprint density at radius 1 is 1.00 bits per heavy atom. The minimum Gasteiger partial charge on any atom is -0.330 e.